The molecule has 0 aromatic heterocycles. The summed E-state index contributed by atoms with van der Waals surface area (Å²) >= 11 is 6.18. The van der Waals surface area contributed by atoms with Gasteiger partial charge < -0.3 is 10.1 Å². The molecular weight excluding hydrogens is 292 g/mol. The highest BCUT2D eigenvalue weighted by molar-refractivity contribution is 6.31. The van der Waals surface area contributed by atoms with Crippen LogP contribution in [0, 0.1) is 10.1 Å². The number of benzene rings is 2. The highest BCUT2D eigenvalue weighted by Gasteiger charge is 2.32. The fraction of sp³-hybridized carbons (Fsp3) is 0.200. The molecule has 1 saturated heterocycles. The van der Waals surface area contributed by atoms with E-state index in [-0.39, 0.29) is 18.0 Å². The van der Waals surface area contributed by atoms with Crippen LogP contribution in [-0.4, -0.2) is 11.5 Å². The van der Waals surface area contributed by atoms with E-state index in [1.54, 1.807) is 12.1 Å². The number of quaternary nitrogens is 1. The average Bonchev–Trinajstić information content (AvgIpc) is 2.97. The minimum atomic E-state index is -0.405. The minimum Gasteiger partial charge on any atom is -0.315 e. The van der Waals surface area contributed by atoms with Crippen molar-refractivity contribution < 1.29 is 15.0 Å². The highest BCUT2D eigenvalue weighted by Crippen LogP contribution is 2.30. The van der Waals surface area contributed by atoms with Crippen molar-refractivity contribution in [3.63, 3.8) is 0 Å². The molecule has 6 heteroatoms. The van der Waals surface area contributed by atoms with Crippen molar-refractivity contribution in [2.75, 3.05) is 6.54 Å². The van der Waals surface area contributed by atoms with Crippen molar-refractivity contribution in [1.82, 2.24) is 0 Å². The molecule has 21 heavy (non-hydrogen) atoms. The van der Waals surface area contributed by atoms with Crippen LogP contribution in [0.5, 0.6) is 0 Å². The molecule has 2 atom stereocenters. The zero-order valence-electron chi connectivity index (χ0n) is 11.1. The number of halogens is 1. The van der Waals surface area contributed by atoms with Gasteiger partial charge in [0, 0.05) is 12.1 Å². The van der Waals surface area contributed by atoms with Crippen LogP contribution < -0.4 is 5.32 Å². The predicted molar refractivity (Wildman–Crippen MR) is 77.9 cm³/mol. The van der Waals surface area contributed by atoms with Crippen LogP contribution in [0.25, 0.3) is 0 Å². The van der Waals surface area contributed by atoms with Gasteiger partial charge in [0.05, 0.1) is 15.5 Å². The second kappa shape index (κ2) is 5.81. The molecule has 3 rings (SSSR count). The third-order valence-corrected chi connectivity index (χ3v) is 3.91. The number of nitro groups is 1. The predicted octanol–water partition coefficient (Wildman–Crippen LogP) is 2.58. The summed E-state index contributed by atoms with van der Waals surface area (Å²) in [6.07, 6.45) is -0.231. The van der Waals surface area contributed by atoms with Crippen LogP contribution in [-0.2, 0) is 4.74 Å². The van der Waals surface area contributed by atoms with Crippen molar-refractivity contribution in [1.29, 1.82) is 0 Å². The van der Waals surface area contributed by atoms with E-state index in [2.05, 4.69) is 5.32 Å². The molecule has 1 fully saturated rings. The minimum absolute atomic E-state index is 0.0865. The second-order valence-electron chi connectivity index (χ2n) is 4.89. The summed E-state index contributed by atoms with van der Waals surface area (Å²) in [6, 6.07) is 14.1. The molecule has 5 nitrogen and oxygen atoms in total. The SMILES string of the molecule is O=[N+]([O-])c1ccc([C@H]2C[NH2+][C@@H](c3ccccc3Cl)O2)cc1. The van der Waals surface area contributed by atoms with E-state index in [0.717, 1.165) is 17.7 Å². The van der Waals surface area contributed by atoms with Gasteiger partial charge in [-0.25, -0.2) is 0 Å². The Morgan fingerprint density at radius 1 is 1.19 bits per heavy atom. The van der Waals surface area contributed by atoms with Crippen LogP contribution >= 0.6 is 11.6 Å². The molecule has 1 aliphatic heterocycles. The fourth-order valence-corrected chi connectivity index (χ4v) is 2.71. The average molecular weight is 306 g/mol. The summed E-state index contributed by atoms with van der Waals surface area (Å²) < 4.78 is 6.00. The Bertz CT molecular complexity index is 660. The summed E-state index contributed by atoms with van der Waals surface area (Å²) in [5.41, 5.74) is 1.97. The molecule has 0 aliphatic carbocycles. The molecule has 0 unspecified atom stereocenters. The number of non-ortho nitro benzene ring substituents is 1. The van der Waals surface area contributed by atoms with E-state index in [9.17, 15) is 10.1 Å². The molecule has 1 heterocycles. The van der Waals surface area contributed by atoms with Crippen molar-refractivity contribution in [2.45, 2.75) is 12.3 Å². The van der Waals surface area contributed by atoms with Gasteiger partial charge in [-0.05, 0) is 29.8 Å². The molecular formula is C15H14ClN2O3+. The van der Waals surface area contributed by atoms with E-state index < -0.39 is 4.92 Å². The number of nitrogens with zero attached hydrogens (tertiary/aromatic N) is 1. The smallest absolute Gasteiger partial charge is 0.269 e. The normalized spacial score (nSPS) is 21.4. The molecule has 2 aromatic rings. The molecule has 0 amide bonds. The Balaban J connectivity index is 1.75. The van der Waals surface area contributed by atoms with Crippen molar-refractivity contribution in [3.05, 3.63) is 74.8 Å². The Hall–Kier alpha value is -1.95. The van der Waals surface area contributed by atoms with Gasteiger partial charge >= 0.3 is 0 Å². The molecule has 0 radical (unpaired) electrons. The van der Waals surface area contributed by atoms with Crippen LogP contribution in [0.3, 0.4) is 0 Å². The first-order valence-corrected chi connectivity index (χ1v) is 7.00. The van der Waals surface area contributed by atoms with E-state index >= 15 is 0 Å². The van der Waals surface area contributed by atoms with Gasteiger partial charge in [0.2, 0.25) is 6.23 Å². The molecule has 2 aromatic carbocycles. The highest BCUT2D eigenvalue weighted by atomic mass is 35.5. The maximum atomic E-state index is 10.7. The van der Waals surface area contributed by atoms with Gasteiger partial charge in [0.25, 0.3) is 5.69 Å². The summed E-state index contributed by atoms with van der Waals surface area (Å²) in [5.74, 6) is 0. The van der Waals surface area contributed by atoms with Gasteiger partial charge in [-0.15, -0.1) is 0 Å². The van der Waals surface area contributed by atoms with Gasteiger partial charge in [0.15, 0.2) is 0 Å². The molecule has 1 aliphatic rings. The first kappa shape index (κ1) is 14.0. The van der Waals surface area contributed by atoms with E-state index in [0.29, 0.717) is 5.02 Å². The van der Waals surface area contributed by atoms with E-state index in [1.807, 2.05) is 24.3 Å². The first-order chi connectivity index (χ1) is 10.1. The maximum Gasteiger partial charge on any atom is 0.269 e. The Morgan fingerprint density at radius 2 is 1.90 bits per heavy atom. The van der Waals surface area contributed by atoms with Gasteiger partial charge in [-0.2, -0.15) is 0 Å². The number of nitrogens with two attached hydrogens (primary N) is 1. The zero-order valence-corrected chi connectivity index (χ0v) is 11.9. The Labute approximate surface area is 126 Å². The largest absolute Gasteiger partial charge is 0.315 e. The molecule has 108 valence electrons. The number of rotatable bonds is 3. The number of hydrogen-bond acceptors (Lipinski definition) is 3. The Kier molecular flexibility index (Phi) is 3.88. The lowest BCUT2D eigenvalue weighted by molar-refractivity contribution is -0.698. The van der Waals surface area contributed by atoms with Gasteiger partial charge in [-0.1, -0.05) is 23.7 Å². The third kappa shape index (κ3) is 2.90. The quantitative estimate of drug-likeness (QED) is 0.700. The van der Waals surface area contributed by atoms with Gasteiger partial charge in [-0.3, -0.25) is 10.1 Å². The number of nitro benzene ring substituents is 1. The van der Waals surface area contributed by atoms with E-state index in [4.69, 9.17) is 16.3 Å². The fourth-order valence-electron chi connectivity index (χ4n) is 2.47. The van der Waals surface area contributed by atoms with Gasteiger partial charge in [0.1, 0.15) is 12.6 Å². The van der Waals surface area contributed by atoms with Crippen molar-refractivity contribution in [3.8, 4) is 0 Å². The van der Waals surface area contributed by atoms with E-state index in [1.165, 1.54) is 12.1 Å². The van der Waals surface area contributed by atoms with Crippen LogP contribution in [0.4, 0.5) is 5.69 Å². The molecule has 2 N–H and O–H groups in total. The first-order valence-electron chi connectivity index (χ1n) is 6.63. The van der Waals surface area contributed by atoms with Crippen LogP contribution in [0.15, 0.2) is 48.5 Å². The van der Waals surface area contributed by atoms with Crippen LogP contribution in [0.2, 0.25) is 5.02 Å². The maximum absolute atomic E-state index is 10.7. The summed E-state index contributed by atoms with van der Waals surface area (Å²) in [5, 5.41) is 13.4. The standard InChI is InChI=1S/C15H13ClN2O3/c16-13-4-2-1-3-12(13)15-17-9-14(21-15)10-5-7-11(8-6-10)18(19)20/h1-8,14-15,17H,9H2/p+1/t14-,15-/m1/s1. The topological polar surface area (TPSA) is 69.0 Å². The lowest BCUT2D eigenvalue weighted by atomic mass is 10.1. The summed E-state index contributed by atoms with van der Waals surface area (Å²) in [4.78, 5) is 10.3. The Morgan fingerprint density at radius 3 is 2.57 bits per heavy atom. The lowest BCUT2D eigenvalue weighted by Crippen LogP contribution is -2.82. The molecule has 0 saturated carbocycles. The van der Waals surface area contributed by atoms with Crippen molar-refractivity contribution >= 4 is 17.3 Å². The third-order valence-electron chi connectivity index (χ3n) is 3.56. The number of hydrogen-bond donors (Lipinski definition) is 1. The molecule has 0 bridgehead atoms. The van der Waals surface area contributed by atoms with Crippen molar-refractivity contribution in [2.24, 2.45) is 0 Å². The lowest BCUT2D eigenvalue weighted by Gasteiger charge is -2.11. The summed E-state index contributed by atoms with van der Waals surface area (Å²) in [7, 11) is 0. The van der Waals surface area contributed by atoms with Crippen LogP contribution in [0.1, 0.15) is 23.5 Å². The second-order valence-corrected chi connectivity index (χ2v) is 5.29. The zero-order chi connectivity index (χ0) is 14.8. The molecule has 0 spiro atoms. The number of ether oxygens (including phenoxy) is 1. The monoisotopic (exact) mass is 305 g/mol. The summed E-state index contributed by atoms with van der Waals surface area (Å²) in [6.45, 7) is 0.758.